The van der Waals surface area contributed by atoms with Gasteiger partial charge in [-0.3, -0.25) is 0 Å². The highest BCUT2D eigenvalue weighted by atomic mass is 32.1. The van der Waals surface area contributed by atoms with E-state index in [2.05, 4.69) is 61.7 Å². The number of likely N-dealkylation sites (N-methyl/N-ethyl adjacent to an activating group) is 1. The highest BCUT2D eigenvalue weighted by Crippen LogP contribution is 2.26. The van der Waals surface area contributed by atoms with E-state index in [0.29, 0.717) is 5.13 Å². The van der Waals surface area contributed by atoms with Gasteiger partial charge in [-0.15, -0.1) is 0 Å². The van der Waals surface area contributed by atoms with Gasteiger partial charge < -0.3 is 19.9 Å². The Morgan fingerprint density at radius 3 is 2.81 bits per heavy atom. The van der Waals surface area contributed by atoms with Crippen LogP contribution in [0.4, 0.5) is 10.8 Å². The summed E-state index contributed by atoms with van der Waals surface area (Å²) in [5, 5.41) is 0.619. The number of benzene rings is 1. The molecule has 1 saturated heterocycles. The highest BCUT2D eigenvalue weighted by molar-refractivity contribution is 7.22. The monoisotopic (exact) mass is 378 g/mol. The van der Waals surface area contributed by atoms with Crippen LogP contribution in [-0.2, 0) is 6.42 Å². The molecule has 0 atom stereocenters. The zero-order valence-corrected chi connectivity index (χ0v) is 16.1. The summed E-state index contributed by atoms with van der Waals surface area (Å²) in [6, 6.07) is 10.8. The zero-order valence-electron chi connectivity index (χ0n) is 15.3. The van der Waals surface area contributed by atoms with Crippen molar-refractivity contribution in [2.24, 2.45) is 0 Å². The van der Waals surface area contributed by atoms with Gasteiger partial charge in [0.15, 0.2) is 5.13 Å². The molecule has 1 fully saturated rings. The molecule has 0 bridgehead atoms. The SMILES string of the molecule is CN1CCN(c2ccn3c(Cc4ccc5nc(N)sc5c4)cnc3c2)CC1. The molecule has 0 radical (unpaired) electrons. The van der Waals surface area contributed by atoms with Gasteiger partial charge in [-0.1, -0.05) is 17.4 Å². The van der Waals surface area contributed by atoms with Gasteiger partial charge >= 0.3 is 0 Å². The van der Waals surface area contributed by atoms with Crippen molar-refractivity contribution in [2.75, 3.05) is 43.9 Å². The van der Waals surface area contributed by atoms with E-state index in [1.165, 1.54) is 28.3 Å². The van der Waals surface area contributed by atoms with Gasteiger partial charge in [0.1, 0.15) is 5.65 Å². The van der Waals surface area contributed by atoms with E-state index >= 15 is 0 Å². The first-order chi connectivity index (χ1) is 13.2. The van der Waals surface area contributed by atoms with Crippen molar-refractivity contribution in [3.63, 3.8) is 0 Å². The summed E-state index contributed by atoms with van der Waals surface area (Å²) >= 11 is 1.54. The molecule has 0 saturated carbocycles. The summed E-state index contributed by atoms with van der Waals surface area (Å²) in [5.41, 5.74) is 11.5. The fourth-order valence-electron chi connectivity index (χ4n) is 3.72. The van der Waals surface area contributed by atoms with Crippen LogP contribution in [0.3, 0.4) is 0 Å². The first-order valence-corrected chi connectivity index (χ1v) is 10.0. The Morgan fingerprint density at radius 2 is 1.96 bits per heavy atom. The molecule has 7 heteroatoms. The lowest BCUT2D eigenvalue weighted by Crippen LogP contribution is -2.44. The van der Waals surface area contributed by atoms with Crippen molar-refractivity contribution < 1.29 is 0 Å². The van der Waals surface area contributed by atoms with Crippen LogP contribution in [-0.4, -0.2) is 52.5 Å². The Morgan fingerprint density at radius 1 is 1.11 bits per heavy atom. The molecule has 0 aliphatic carbocycles. The molecule has 5 rings (SSSR count). The van der Waals surface area contributed by atoms with Crippen molar-refractivity contribution in [3.8, 4) is 0 Å². The van der Waals surface area contributed by atoms with E-state index < -0.39 is 0 Å². The van der Waals surface area contributed by atoms with Crippen molar-refractivity contribution in [2.45, 2.75) is 6.42 Å². The number of imidazole rings is 1. The molecule has 1 aliphatic rings. The van der Waals surface area contributed by atoms with Crippen LogP contribution in [0.15, 0.2) is 42.7 Å². The summed E-state index contributed by atoms with van der Waals surface area (Å²) in [6.07, 6.45) is 4.96. The maximum absolute atomic E-state index is 5.82. The lowest BCUT2D eigenvalue weighted by Gasteiger charge is -2.34. The standard InChI is InChI=1S/C20H22N6S/c1-24-6-8-25(9-7-24)15-4-5-26-16(13-22-19(26)12-15)10-14-2-3-17-18(11-14)27-20(21)23-17/h2-5,11-13H,6-10H2,1H3,(H2,21,23). The van der Waals surface area contributed by atoms with Gasteiger partial charge in [-0.05, 0) is 30.8 Å². The summed E-state index contributed by atoms with van der Waals surface area (Å²) in [6.45, 7) is 4.35. The van der Waals surface area contributed by atoms with E-state index in [1.54, 1.807) is 0 Å². The van der Waals surface area contributed by atoms with Crippen LogP contribution in [0.25, 0.3) is 15.9 Å². The van der Waals surface area contributed by atoms with Crippen LogP contribution in [0, 0.1) is 0 Å². The van der Waals surface area contributed by atoms with Gasteiger partial charge in [0, 0.05) is 62.4 Å². The predicted molar refractivity (Wildman–Crippen MR) is 112 cm³/mol. The fraction of sp³-hybridized carbons (Fsp3) is 0.300. The minimum Gasteiger partial charge on any atom is -0.375 e. The van der Waals surface area contributed by atoms with Gasteiger partial charge in [-0.25, -0.2) is 9.97 Å². The number of nitrogens with zero attached hydrogens (tertiary/aromatic N) is 5. The Balaban J connectivity index is 1.41. The van der Waals surface area contributed by atoms with E-state index in [1.807, 2.05) is 12.3 Å². The number of anilines is 2. The molecule has 1 aromatic carbocycles. The largest absolute Gasteiger partial charge is 0.375 e. The van der Waals surface area contributed by atoms with Gasteiger partial charge in [-0.2, -0.15) is 0 Å². The predicted octanol–water partition coefficient (Wildman–Crippen LogP) is 2.87. The van der Waals surface area contributed by atoms with Crippen molar-refractivity contribution in [1.29, 1.82) is 0 Å². The molecule has 0 unspecified atom stereocenters. The summed E-state index contributed by atoms with van der Waals surface area (Å²) in [4.78, 5) is 13.8. The fourth-order valence-corrected chi connectivity index (χ4v) is 4.52. The van der Waals surface area contributed by atoms with Crippen molar-refractivity contribution >= 4 is 38.0 Å². The lowest BCUT2D eigenvalue weighted by atomic mass is 10.1. The third kappa shape index (κ3) is 3.13. The number of nitrogen functional groups attached to an aromatic ring is 1. The quantitative estimate of drug-likeness (QED) is 0.594. The van der Waals surface area contributed by atoms with Crippen LogP contribution in [0.5, 0.6) is 0 Å². The second-order valence-corrected chi connectivity index (χ2v) is 8.25. The Bertz CT molecular complexity index is 1110. The van der Waals surface area contributed by atoms with Gasteiger partial charge in [0.2, 0.25) is 0 Å². The molecule has 3 aromatic heterocycles. The second kappa shape index (κ2) is 6.51. The topological polar surface area (TPSA) is 62.7 Å². The number of hydrogen-bond donors (Lipinski definition) is 1. The minimum atomic E-state index is 0.619. The molecule has 4 heterocycles. The minimum absolute atomic E-state index is 0.619. The van der Waals surface area contributed by atoms with Crippen molar-refractivity contribution in [1.82, 2.24) is 19.3 Å². The molecule has 27 heavy (non-hydrogen) atoms. The number of pyridine rings is 1. The summed E-state index contributed by atoms with van der Waals surface area (Å²) in [7, 11) is 2.18. The van der Waals surface area contributed by atoms with E-state index in [-0.39, 0.29) is 0 Å². The van der Waals surface area contributed by atoms with Crippen LogP contribution in [0.2, 0.25) is 0 Å². The van der Waals surface area contributed by atoms with Crippen LogP contribution in [0.1, 0.15) is 11.3 Å². The number of thiazole rings is 1. The van der Waals surface area contributed by atoms with Gasteiger partial charge in [0.25, 0.3) is 0 Å². The first kappa shape index (κ1) is 16.5. The van der Waals surface area contributed by atoms with Gasteiger partial charge in [0.05, 0.1) is 10.2 Å². The Hall–Kier alpha value is -2.64. The Labute approximate surface area is 161 Å². The van der Waals surface area contributed by atoms with E-state index in [0.717, 1.165) is 48.5 Å². The number of fused-ring (bicyclic) bond motifs is 2. The molecule has 4 aromatic rings. The third-order valence-corrected chi connectivity index (χ3v) is 6.14. The molecule has 0 amide bonds. The molecule has 1 aliphatic heterocycles. The first-order valence-electron chi connectivity index (χ1n) is 9.20. The van der Waals surface area contributed by atoms with E-state index in [9.17, 15) is 0 Å². The molecular weight excluding hydrogens is 356 g/mol. The third-order valence-electron chi connectivity index (χ3n) is 5.30. The van der Waals surface area contributed by atoms with Crippen LogP contribution < -0.4 is 10.6 Å². The highest BCUT2D eigenvalue weighted by Gasteiger charge is 2.15. The van der Waals surface area contributed by atoms with Crippen LogP contribution >= 0.6 is 11.3 Å². The van der Waals surface area contributed by atoms with Crippen molar-refractivity contribution in [3.05, 3.63) is 54.0 Å². The Kier molecular flexibility index (Phi) is 3.98. The number of aromatic nitrogens is 3. The number of nitrogens with two attached hydrogens (primary N) is 1. The molecule has 0 spiro atoms. The second-order valence-electron chi connectivity index (χ2n) is 7.18. The summed E-state index contributed by atoms with van der Waals surface area (Å²) in [5.74, 6) is 0. The maximum atomic E-state index is 5.82. The smallest absolute Gasteiger partial charge is 0.181 e. The lowest BCUT2D eigenvalue weighted by molar-refractivity contribution is 0.313. The average Bonchev–Trinajstić information content (AvgIpc) is 3.24. The zero-order chi connectivity index (χ0) is 18.4. The number of hydrogen-bond acceptors (Lipinski definition) is 6. The number of piperazine rings is 1. The number of rotatable bonds is 3. The molecule has 138 valence electrons. The average molecular weight is 379 g/mol. The maximum Gasteiger partial charge on any atom is 0.181 e. The normalized spacial score (nSPS) is 15.8. The molecule has 6 nitrogen and oxygen atoms in total. The van der Waals surface area contributed by atoms with E-state index in [4.69, 9.17) is 5.73 Å². The molecular formula is C20H22N6S. The summed E-state index contributed by atoms with van der Waals surface area (Å²) < 4.78 is 3.32. The molecule has 2 N–H and O–H groups in total.